The largest absolute Gasteiger partial charge is 0.416 e. The lowest BCUT2D eigenvalue weighted by Gasteiger charge is -2.44. The first kappa shape index (κ1) is 27.8. The van der Waals surface area contributed by atoms with Crippen LogP contribution < -0.4 is 14.5 Å². The maximum Gasteiger partial charge on any atom is 0.250 e. The molecule has 11 nitrogen and oxygen atoms in total. The van der Waals surface area contributed by atoms with Crippen molar-refractivity contribution in [3.05, 3.63) is 36.5 Å². The first-order chi connectivity index (χ1) is 21.2. The lowest BCUT2D eigenvalue weighted by atomic mass is 9.79. The zero-order valence-electron chi connectivity index (χ0n) is 25.1. The number of nitrogens with one attached hydrogen (secondary N) is 1. The van der Waals surface area contributed by atoms with Gasteiger partial charge >= 0.3 is 0 Å². The number of anilines is 3. The van der Waals surface area contributed by atoms with Gasteiger partial charge in [0.15, 0.2) is 0 Å². The molecule has 6 heterocycles. The van der Waals surface area contributed by atoms with Gasteiger partial charge in [-0.2, -0.15) is 0 Å². The van der Waals surface area contributed by atoms with Crippen LogP contribution in [0, 0.1) is 11.3 Å². The van der Waals surface area contributed by atoms with Crippen molar-refractivity contribution in [3.63, 3.8) is 0 Å². The summed E-state index contributed by atoms with van der Waals surface area (Å²) < 4.78 is 34.7. The molecule has 8 bridgehead atoms. The average Bonchev–Trinajstić information content (AvgIpc) is 3.97. The Bertz CT molecular complexity index is 1690. The van der Waals surface area contributed by atoms with Crippen molar-refractivity contribution in [1.82, 2.24) is 20.1 Å². The van der Waals surface area contributed by atoms with Crippen molar-refractivity contribution >= 4 is 33.1 Å². The maximum atomic E-state index is 14.1. The van der Waals surface area contributed by atoms with Gasteiger partial charge in [0.1, 0.15) is 5.82 Å². The number of hydrogen-bond acceptors (Lipinski definition) is 9. The third-order valence-corrected chi connectivity index (χ3v) is 12.0. The molecule has 1 unspecified atom stereocenters. The smallest absolute Gasteiger partial charge is 0.250 e. The van der Waals surface area contributed by atoms with E-state index < -0.39 is 10.0 Å². The number of nitrogens with zero attached hydrogens (tertiary/aromatic N) is 6. The van der Waals surface area contributed by atoms with E-state index in [1.807, 2.05) is 24.3 Å². The van der Waals surface area contributed by atoms with Gasteiger partial charge in [0.25, 0.3) is 0 Å². The van der Waals surface area contributed by atoms with Gasteiger partial charge in [0, 0.05) is 50.5 Å². The second kappa shape index (κ2) is 10.5. The fourth-order valence-electron chi connectivity index (χ4n) is 7.09. The lowest BCUT2D eigenvalue weighted by Crippen LogP contribution is -2.51. The molecule has 2 saturated carbocycles. The summed E-state index contributed by atoms with van der Waals surface area (Å²) in [5, 5.41) is 8.54. The summed E-state index contributed by atoms with van der Waals surface area (Å²) in [6.07, 6.45) is 9.02. The van der Waals surface area contributed by atoms with E-state index in [0.29, 0.717) is 42.9 Å². The molecular weight excluding hydrogens is 578 g/mol. The molecule has 3 aromatic rings. The van der Waals surface area contributed by atoms with Crippen LogP contribution >= 0.6 is 0 Å². The molecule has 44 heavy (non-hydrogen) atoms. The highest BCUT2D eigenvalue weighted by molar-refractivity contribution is 7.93. The highest BCUT2D eigenvalue weighted by atomic mass is 32.2. The molecule has 2 saturated heterocycles. The fraction of sp³-hybridized carbons (Fsp3) is 0.562. The highest BCUT2D eigenvalue weighted by Gasteiger charge is 2.42. The number of carbonyl (C=O) groups excluding carboxylic acids is 1. The van der Waals surface area contributed by atoms with Crippen LogP contribution in [-0.2, 0) is 14.8 Å². The van der Waals surface area contributed by atoms with Crippen LogP contribution in [0.15, 0.2) is 40.9 Å². The number of piperidine rings is 2. The predicted octanol–water partition coefficient (Wildman–Crippen LogP) is 4.53. The number of benzene rings is 1. The minimum Gasteiger partial charge on any atom is -0.416 e. The number of hydrogen-bond donors (Lipinski definition) is 1. The van der Waals surface area contributed by atoms with Crippen LogP contribution in [0.4, 0.5) is 17.2 Å². The van der Waals surface area contributed by atoms with Gasteiger partial charge in [0.2, 0.25) is 27.7 Å². The summed E-state index contributed by atoms with van der Waals surface area (Å²) in [4.78, 5) is 25.5. The molecule has 12 heteroatoms. The van der Waals surface area contributed by atoms with Gasteiger partial charge in [-0.25, -0.2) is 13.4 Å². The molecule has 2 aromatic heterocycles. The standard InChI is InChI=1S/C32H39N7O4S/c1-32-11-15-37(16-12-32)27-18-23(36-44(41,42)25-7-8-25)4-9-26(27)30-35-34-29(43-30)21-10-13-33-28(17-21)38-14-2-3-22(19-38)31(40)39(20-32)24-5-6-24/h4,9-10,13,17-18,22,24-25,36H,2-3,5-8,11-12,14-16,19-20H2,1H3. The van der Waals surface area contributed by atoms with Crippen molar-refractivity contribution in [2.24, 2.45) is 11.3 Å². The van der Waals surface area contributed by atoms with Crippen molar-refractivity contribution < 1.29 is 17.6 Å². The molecule has 4 aliphatic heterocycles. The summed E-state index contributed by atoms with van der Waals surface area (Å²) in [6.45, 7) is 6.17. The van der Waals surface area contributed by atoms with E-state index in [2.05, 4.69) is 41.5 Å². The number of aromatic nitrogens is 3. The second-order valence-electron chi connectivity index (χ2n) is 13.7. The van der Waals surface area contributed by atoms with Crippen molar-refractivity contribution in [1.29, 1.82) is 0 Å². The van der Waals surface area contributed by atoms with E-state index in [0.717, 1.165) is 87.3 Å². The quantitative estimate of drug-likeness (QED) is 0.450. The minimum absolute atomic E-state index is 0.00653. The minimum atomic E-state index is -3.41. The van der Waals surface area contributed by atoms with E-state index in [1.165, 1.54) is 0 Å². The van der Waals surface area contributed by atoms with Crippen LogP contribution in [0.2, 0.25) is 0 Å². The first-order valence-corrected chi connectivity index (χ1v) is 17.6. The fourth-order valence-corrected chi connectivity index (χ4v) is 8.47. The topological polar surface area (TPSA) is 125 Å². The summed E-state index contributed by atoms with van der Waals surface area (Å²) in [7, 11) is -3.41. The molecule has 1 N–H and O–H groups in total. The number of carbonyl (C=O) groups is 1. The normalized spacial score (nSPS) is 25.8. The third-order valence-electron chi connectivity index (χ3n) is 10.1. The zero-order valence-corrected chi connectivity index (χ0v) is 25.9. The molecule has 232 valence electrons. The van der Waals surface area contributed by atoms with Crippen LogP contribution in [0.25, 0.3) is 22.9 Å². The van der Waals surface area contributed by atoms with E-state index in [4.69, 9.17) is 4.42 Å². The Hall–Kier alpha value is -3.67. The van der Waals surface area contributed by atoms with Gasteiger partial charge in [0.05, 0.1) is 28.1 Å². The first-order valence-electron chi connectivity index (χ1n) is 16.0. The number of fused-ring (bicyclic) bond motifs is 4. The van der Waals surface area contributed by atoms with Gasteiger partial charge in [-0.05, 0) is 87.1 Å². The molecule has 6 aliphatic rings. The van der Waals surface area contributed by atoms with E-state index in [1.54, 1.807) is 12.3 Å². The molecule has 9 rings (SSSR count). The van der Waals surface area contributed by atoms with Crippen LogP contribution in [0.1, 0.15) is 58.3 Å². The van der Waals surface area contributed by atoms with Crippen molar-refractivity contribution in [2.45, 2.75) is 69.6 Å². The monoisotopic (exact) mass is 617 g/mol. The zero-order chi connectivity index (χ0) is 30.1. The number of pyridine rings is 1. The number of rotatable bonds is 4. The predicted molar refractivity (Wildman–Crippen MR) is 168 cm³/mol. The second-order valence-corrected chi connectivity index (χ2v) is 15.6. The molecule has 1 amide bonds. The summed E-state index contributed by atoms with van der Waals surface area (Å²) in [6, 6.07) is 9.74. The lowest BCUT2D eigenvalue weighted by molar-refractivity contribution is -0.138. The van der Waals surface area contributed by atoms with Crippen LogP contribution in [-0.4, -0.2) is 78.4 Å². The Kier molecular flexibility index (Phi) is 6.62. The van der Waals surface area contributed by atoms with Gasteiger partial charge in [-0.15, -0.1) is 10.2 Å². The highest BCUT2D eigenvalue weighted by Crippen LogP contribution is 2.42. The van der Waals surface area contributed by atoms with Crippen LogP contribution in [0.5, 0.6) is 0 Å². The molecule has 1 aromatic carbocycles. The molecule has 4 fully saturated rings. The Morgan fingerprint density at radius 3 is 2.52 bits per heavy atom. The Morgan fingerprint density at radius 2 is 1.75 bits per heavy atom. The summed E-state index contributed by atoms with van der Waals surface area (Å²) in [5.74, 6) is 1.84. The van der Waals surface area contributed by atoms with Gasteiger partial charge < -0.3 is 19.1 Å². The van der Waals surface area contributed by atoms with E-state index >= 15 is 0 Å². The Balaban J connectivity index is 1.20. The van der Waals surface area contributed by atoms with Gasteiger partial charge in [-0.3, -0.25) is 9.52 Å². The molecule has 0 radical (unpaired) electrons. The van der Waals surface area contributed by atoms with Crippen molar-refractivity contribution in [3.8, 4) is 22.9 Å². The van der Waals surface area contributed by atoms with E-state index in [-0.39, 0.29) is 22.5 Å². The third kappa shape index (κ3) is 5.31. The Labute approximate surface area is 258 Å². The van der Waals surface area contributed by atoms with Crippen molar-refractivity contribution in [2.75, 3.05) is 47.2 Å². The SMILES string of the molecule is CC12CCN(CC1)c1cc(NS(=O)(=O)C3CC3)ccc1-c1nnc(o1)-c1ccnc(c1)N1CCCC(C1)C(=O)N(C1CC1)C2. The van der Waals surface area contributed by atoms with E-state index in [9.17, 15) is 13.2 Å². The summed E-state index contributed by atoms with van der Waals surface area (Å²) >= 11 is 0. The Morgan fingerprint density at radius 1 is 0.955 bits per heavy atom. The number of sulfonamides is 1. The molecule has 1 atom stereocenters. The molecular formula is C32H39N7O4S. The number of amides is 1. The average molecular weight is 618 g/mol. The van der Waals surface area contributed by atoms with Gasteiger partial charge in [-0.1, -0.05) is 6.92 Å². The van der Waals surface area contributed by atoms with Crippen LogP contribution in [0.3, 0.4) is 0 Å². The maximum absolute atomic E-state index is 14.1. The molecule has 2 aliphatic carbocycles. The molecule has 0 spiro atoms. The summed E-state index contributed by atoms with van der Waals surface area (Å²) in [5.41, 5.74) is 2.94.